The summed E-state index contributed by atoms with van der Waals surface area (Å²) in [4.78, 5) is 27.5. The van der Waals surface area contributed by atoms with E-state index in [0.717, 1.165) is 31.5 Å². The molecule has 2 aromatic rings. The molecule has 5 heteroatoms. The number of hydrogen-bond acceptors (Lipinski definition) is 4. The second-order valence-corrected chi connectivity index (χ2v) is 7.71. The van der Waals surface area contributed by atoms with Crippen molar-refractivity contribution >= 4 is 23.2 Å². The van der Waals surface area contributed by atoms with E-state index in [2.05, 4.69) is 4.90 Å². The maximum Gasteiger partial charge on any atom is 0.180 e. The fourth-order valence-corrected chi connectivity index (χ4v) is 3.92. The molecule has 28 heavy (non-hydrogen) atoms. The van der Waals surface area contributed by atoms with Crippen molar-refractivity contribution in [1.29, 1.82) is 0 Å². The summed E-state index contributed by atoms with van der Waals surface area (Å²) in [5, 5.41) is 0.613. The first-order valence-electron chi connectivity index (χ1n) is 9.71. The van der Waals surface area contributed by atoms with E-state index in [1.807, 2.05) is 12.1 Å². The van der Waals surface area contributed by atoms with Crippen molar-refractivity contribution in [3.63, 3.8) is 0 Å². The molecule has 1 atom stereocenters. The number of carbonyl (C=O) groups excluding carboxylic acids is 2. The van der Waals surface area contributed by atoms with Gasteiger partial charge in [-0.3, -0.25) is 14.5 Å². The Morgan fingerprint density at radius 3 is 2.29 bits per heavy atom. The monoisotopic (exact) mass is 399 g/mol. The van der Waals surface area contributed by atoms with Crippen molar-refractivity contribution in [1.82, 2.24) is 4.90 Å². The van der Waals surface area contributed by atoms with E-state index >= 15 is 0 Å². The molecule has 1 aliphatic heterocycles. The van der Waals surface area contributed by atoms with E-state index in [1.165, 1.54) is 6.42 Å². The number of piperidine rings is 1. The highest BCUT2D eigenvalue weighted by Gasteiger charge is 2.29. The van der Waals surface area contributed by atoms with Gasteiger partial charge >= 0.3 is 0 Å². The second-order valence-electron chi connectivity index (χ2n) is 7.27. The number of benzene rings is 2. The molecule has 0 unspecified atom stereocenters. The number of halogens is 1. The van der Waals surface area contributed by atoms with Gasteiger partial charge in [0.1, 0.15) is 5.75 Å². The first-order chi connectivity index (χ1) is 13.5. The molecule has 0 N–H and O–H groups in total. The van der Waals surface area contributed by atoms with Crippen molar-refractivity contribution in [2.45, 2.75) is 38.6 Å². The molecule has 1 aliphatic rings. The van der Waals surface area contributed by atoms with Gasteiger partial charge in [0.05, 0.1) is 13.2 Å². The lowest BCUT2D eigenvalue weighted by molar-refractivity contribution is 0.0782. The molecule has 0 bridgehead atoms. The molecule has 148 valence electrons. The lowest BCUT2D eigenvalue weighted by Crippen LogP contribution is -2.45. The van der Waals surface area contributed by atoms with Crippen LogP contribution in [-0.4, -0.2) is 42.7 Å². The van der Waals surface area contributed by atoms with Crippen LogP contribution in [0.1, 0.15) is 52.5 Å². The third-order valence-electron chi connectivity index (χ3n) is 5.36. The predicted octanol–water partition coefficient (Wildman–Crippen LogP) is 4.83. The molecule has 0 spiro atoms. The highest BCUT2D eigenvalue weighted by atomic mass is 35.5. The van der Waals surface area contributed by atoms with E-state index in [1.54, 1.807) is 44.4 Å². The number of hydrogen-bond donors (Lipinski definition) is 0. The number of rotatable bonds is 7. The fourth-order valence-electron chi connectivity index (χ4n) is 3.79. The van der Waals surface area contributed by atoms with Gasteiger partial charge in [-0.2, -0.15) is 0 Å². The lowest BCUT2D eigenvalue weighted by atomic mass is 9.93. The van der Waals surface area contributed by atoms with Gasteiger partial charge in [0.25, 0.3) is 0 Å². The zero-order valence-electron chi connectivity index (χ0n) is 16.4. The first kappa shape index (κ1) is 20.6. The molecule has 0 saturated carbocycles. The summed E-state index contributed by atoms with van der Waals surface area (Å²) in [6.45, 7) is 3.35. The molecule has 4 nitrogen and oxygen atoms in total. The Hall–Kier alpha value is -2.17. The minimum atomic E-state index is -0.294. The zero-order chi connectivity index (χ0) is 20.1. The molecular weight excluding hydrogens is 374 g/mol. The maximum absolute atomic E-state index is 13.4. The smallest absolute Gasteiger partial charge is 0.180 e. The lowest BCUT2D eigenvalue weighted by Gasteiger charge is -2.34. The summed E-state index contributed by atoms with van der Waals surface area (Å²) >= 11 is 5.99. The highest BCUT2D eigenvalue weighted by Crippen LogP contribution is 2.26. The summed E-state index contributed by atoms with van der Waals surface area (Å²) in [6, 6.07) is 12.2. The minimum Gasteiger partial charge on any atom is -0.496 e. The van der Waals surface area contributed by atoms with E-state index in [9.17, 15) is 9.59 Å². The Labute approximate surface area is 171 Å². The van der Waals surface area contributed by atoms with Crippen LogP contribution in [0.2, 0.25) is 5.02 Å². The quantitative estimate of drug-likeness (QED) is 0.625. The van der Waals surface area contributed by atoms with Crippen LogP contribution in [0.5, 0.6) is 5.75 Å². The fraction of sp³-hybridized carbons (Fsp3) is 0.391. The van der Waals surface area contributed by atoms with Gasteiger partial charge in [-0.25, -0.2) is 0 Å². The number of carbonyl (C=O) groups is 2. The molecule has 0 aromatic heterocycles. The van der Waals surface area contributed by atoms with Gasteiger partial charge < -0.3 is 4.74 Å². The van der Waals surface area contributed by atoms with Crippen LogP contribution in [0.4, 0.5) is 0 Å². The summed E-state index contributed by atoms with van der Waals surface area (Å²) in [6.07, 6.45) is 3.89. The summed E-state index contributed by atoms with van der Waals surface area (Å²) in [7, 11) is 1.61. The van der Waals surface area contributed by atoms with E-state index < -0.39 is 0 Å². The first-order valence-corrected chi connectivity index (χ1v) is 10.1. The van der Waals surface area contributed by atoms with E-state index in [0.29, 0.717) is 28.3 Å². The zero-order valence-corrected chi connectivity index (χ0v) is 17.2. The Morgan fingerprint density at radius 2 is 1.68 bits per heavy atom. The number of ether oxygens (including phenoxy) is 1. The Bertz CT molecular complexity index is 841. The summed E-state index contributed by atoms with van der Waals surface area (Å²) in [5.74, 6) is 0.784. The number of methoxy groups -OCH3 is 1. The van der Waals surface area contributed by atoms with Crippen molar-refractivity contribution in [2.24, 2.45) is 0 Å². The van der Waals surface area contributed by atoms with Crippen LogP contribution in [0.15, 0.2) is 42.5 Å². The molecule has 2 aromatic carbocycles. The average molecular weight is 400 g/mol. The minimum absolute atomic E-state index is 0.00227. The Kier molecular flexibility index (Phi) is 6.87. The standard InChI is InChI=1S/C23H26ClNO3/c1-16(26)18-8-11-22(28-2)19(14-18)15-21(25-12-4-3-5-13-25)23(27)17-6-9-20(24)10-7-17/h6-11,14,21H,3-5,12-13,15H2,1-2H3/t21-/m1/s1. The topological polar surface area (TPSA) is 46.6 Å². The third kappa shape index (κ3) is 4.81. The molecular formula is C23H26ClNO3. The van der Waals surface area contributed by atoms with Gasteiger partial charge in [0, 0.05) is 16.1 Å². The van der Waals surface area contributed by atoms with Gasteiger partial charge in [-0.1, -0.05) is 18.0 Å². The van der Waals surface area contributed by atoms with Crippen molar-refractivity contribution in [2.75, 3.05) is 20.2 Å². The Balaban J connectivity index is 1.95. The van der Waals surface area contributed by atoms with Gasteiger partial charge in [-0.05, 0) is 87.3 Å². The van der Waals surface area contributed by atoms with Gasteiger partial charge in [0.15, 0.2) is 11.6 Å². The van der Waals surface area contributed by atoms with Crippen LogP contribution < -0.4 is 4.74 Å². The number of ketones is 2. The summed E-state index contributed by atoms with van der Waals surface area (Å²) in [5.41, 5.74) is 2.17. The molecule has 0 amide bonds. The number of Topliss-reactive ketones (excluding diaryl/α,β-unsaturated/α-hetero) is 2. The highest BCUT2D eigenvalue weighted by molar-refractivity contribution is 6.30. The number of likely N-dealkylation sites (tertiary alicyclic amines) is 1. The second kappa shape index (κ2) is 9.35. The Morgan fingerprint density at radius 1 is 1.04 bits per heavy atom. The maximum atomic E-state index is 13.4. The van der Waals surface area contributed by atoms with E-state index in [4.69, 9.17) is 16.3 Å². The van der Waals surface area contributed by atoms with Gasteiger partial charge in [0.2, 0.25) is 0 Å². The molecule has 1 saturated heterocycles. The normalized spacial score (nSPS) is 15.8. The number of nitrogens with zero attached hydrogens (tertiary/aromatic N) is 1. The van der Waals surface area contributed by atoms with Gasteiger partial charge in [-0.15, -0.1) is 0 Å². The van der Waals surface area contributed by atoms with Crippen molar-refractivity contribution in [3.8, 4) is 5.75 Å². The molecule has 1 fully saturated rings. The van der Waals surface area contributed by atoms with Crippen LogP contribution in [-0.2, 0) is 6.42 Å². The SMILES string of the molecule is COc1ccc(C(C)=O)cc1C[C@H](C(=O)c1ccc(Cl)cc1)N1CCCCC1. The average Bonchev–Trinajstić information content (AvgIpc) is 2.72. The van der Waals surface area contributed by atoms with Crippen LogP contribution in [0.3, 0.4) is 0 Å². The largest absolute Gasteiger partial charge is 0.496 e. The van der Waals surface area contributed by atoms with Crippen LogP contribution >= 0.6 is 11.6 Å². The summed E-state index contributed by atoms with van der Waals surface area (Å²) < 4.78 is 5.51. The molecule has 1 heterocycles. The van der Waals surface area contributed by atoms with Crippen LogP contribution in [0.25, 0.3) is 0 Å². The molecule has 0 aliphatic carbocycles. The van der Waals surface area contributed by atoms with E-state index in [-0.39, 0.29) is 17.6 Å². The molecule has 0 radical (unpaired) electrons. The van der Waals surface area contributed by atoms with Crippen LogP contribution in [0, 0.1) is 0 Å². The van der Waals surface area contributed by atoms with Crippen molar-refractivity contribution in [3.05, 3.63) is 64.2 Å². The predicted molar refractivity (Wildman–Crippen MR) is 112 cm³/mol. The molecule has 3 rings (SSSR count). The third-order valence-corrected chi connectivity index (χ3v) is 5.61. The van der Waals surface area contributed by atoms with Crippen molar-refractivity contribution < 1.29 is 14.3 Å².